The van der Waals surface area contributed by atoms with Crippen LogP contribution in [0, 0.1) is 0 Å². The van der Waals surface area contributed by atoms with E-state index in [1.54, 1.807) is 0 Å². The van der Waals surface area contributed by atoms with Gasteiger partial charge in [0.15, 0.2) is 10.7 Å². The van der Waals surface area contributed by atoms with E-state index >= 15 is 0 Å². The molecule has 0 spiro atoms. The lowest BCUT2D eigenvalue weighted by molar-refractivity contribution is 0.548. The van der Waals surface area contributed by atoms with Gasteiger partial charge < -0.3 is 0 Å². The zero-order valence-corrected chi connectivity index (χ0v) is 8.93. The van der Waals surface area contributed by atoms with Crippen LogP contribution in [0.3, 0.4) is 0 Å². The average molecular weight is 280 g/mol. The highest BCUT2D eigenvalue weighted by Gasteiger charge is 2.19. The number of halogens is 2. The lowest BCUT2D eigenvalue weighted by Crippen LogP contribution is -1.92. The molecular formula is C6H3BrFN3O2S. The molecule has 0 radical (unpaired) electrons. The summed E-state index contributed by atoms with van der Waals surface area (Å²) in [6.07, 6.45) is 1.44. The first kappa shape index (κ1) is 9.53. The van der Waals surface area contributed by atoms with Gasteiger partial charge in [0.2, 0.25) is 0 Å². The molecular weight excluding hydrogens is 277 g/mol. The fraction of sp³-hybridized carbons (Fsp3) is 0. The third-order valence-electron chi connectivity index (χ3n) is 1.59. The van der Waals surface area contributed by atoms with Gasteiger partial charge in [0.1, 0.15) is 0 Å². The number of aromatic nitrogens is 3. The molecule has 0 aliphatic rings. The molecule has 1 N–H and O–H groups in total. The molecule has 5 nitrogen and oxygen atoms in total. The van der Waals surface area contributed by atoms with Gasteiger partial charge in [0.05, 0.1) is 5.39 Å². The molecule has 74 valence electrons. The van der Waals surface area contributed by atoms with Crippen molar-refractivity contribution in [1.29, 1.82) is 0 Å². The molecule has 2 aromatic rings. The van der Waals surface area contributed by atoms with E-state index in [1.807, 2.05) is 0 Å². The topological polar surface area (TPSA) is 75.7 Å². The first-order valence-corrected chi connectivity index (χ1v) is 5.60. The summed E-state index contributed by atoms with van der Waals surface area (Å²) in [4.78, 5) is 3.79. The Morgan fingerprint density at radius 1 is 1.50 bits per heavy atom. The Labute approximate surface area is 86.7 Å². The summed E-state index contributed by atoms with van der Waals surface area (Å²) in [5.41, 5.74) is 0.157. The number of pyridine rings is 1. The molecule has 8 heteroatoms. The molecule has 0 saturated heterocycles. The maximum Gasteiger partial charge on any atom is 0.349 e. The van der Waals surface area contributed by atoms with Crippen LogP contribution in [0.4, 0.5) is 3.89 Å². The maximum atomic E-state index is 12.7. The second-order valence-corrected chi connectivity index (χ2v) is 4.71. The molecule has 0 unspecified atom stereocenters. The normalized spacial score (nSPS) is 12.1. The van der Waals surface area contributed by atoms with Crippen molar-refractivity contribution >= 4 is 37.2 Å². The van der Waals surface area contributed by atoms with E-state index in [-0.39, 0.29) is 11.0 Å². The van der Waals surface area contributed by atoms with Gasteiger partial charge in [-0.25, -0.2) is 4.98 Å². The van der Waals surface area contributed by atoms with Gasteiger partial charge in [-0.15, -0.1) is 0 Å². The molecule has 0 atom stereocenters. The molecule has 14 heavy (non-hydrogen) atoms. The van der Waals surface area contributed by atoms with Crippen molar-refractivity contribution in [2.24, 2.45) is 0 Å². The SMILES string of the molecule is O=S(=O)(F)c1[nH]nc2ncc(Br)cc12. The molecule has 0 bridgehead atoms. The highest BCUT2D eigenvalue weighted by atomic mass is 79.9. The second-order valence-electron chi connectivity index (χ2n) is 2.52. The van der Waals surface area contributed by atoms with E-state index in [4.69, 9.17) is 0 Å². The Morgan fingerprint density at radius 2 is 2.21 bits per heavy atom. The number of hydrogen-bond acceptors (Lipinski definition) is 4. The number of nitrogens with one attached hydrogen (secondary N) is 1. The Bertz CT molecular complexity index is 594. The number of hydrogen-bond donors (Lipinski definition) is 1. The van der Waals surface area contributed by atoms with Gasteiger partial charge in [-0.2, -0.15) is 13.5 Å². The zero-order valence-electron chi connectivity index (χ0n) is 6.53. The van der Waals surface area contributed by atoms with Crippen LogP contribution in [0.15, 0.2) is 21.8 Å². The van der Waals surface area contributed by atoms with E-state index in [0.717, 1.165) is 0 Å². The van der Waals surface area contributed by atoms with Gasteiger partial charge in [-0.05, 0) is 22.0 Å². The van der Waals surface area contributed by atoms with Gasteiger partial charge in [0, 0.05) is 10.7 Å². The molecule has 0 saturated carbocycles. The van der Waals surface area contributed by atoms with Crippen molar-refractivity contribution in [1.82, 2.24) is 15.2 Å². The zero-order chi connectivity index (χ0) is 10.3. The molecule has 0 fully saturated rings. The summed E-state index contributed by atoms with van der Waals surface area (Å²) in [5, 5.41) is 5.19. The molecule has 2 aromatic heterocycles. The molecule has 0 aromatic carbocycles. The Morgan fingerprint density at radius 3 is 2.86 bits per heavy atom. The summed E-state index contributed by atoms with van der Waals surface area (Å²) in [6.45, 7) is 0. The van der Waals surface area contributed by atoms with Crippen LogP contribution in [0.25, 0.3) is 11.0 Å². The first-order chi connectivity index (χ1) is 6.48. The summed E-state index contributed by atoms with van der Waals surface area (Å²) in [6, 6.07) is 1.43. The largest absolute Gasteiger partial charge is 0.349 e. The monoisotopic (exact) mass is 279 g/mol. The van der Waals surface area contributed by atoms with Gasteiger partial charge in [0.25, 0.3) is 0 Å². The minimum Gasteiger partial charge on any atom is -0.262 e. The molecule has 2 heterocycles. The van der Waals surface area contributed by atoms with Crippen molar-refractivity contribution in [3.05, 3.63) is 16.7 Å². The number of nitrogens with zero attached hydrogens (tertiary/aromatic N) is 2. The number of H-pyrrole nitrogens is 1. The van der Waals surface area contributed by atoms with Crippen molar-refractivity contribution in [2.45, 2.75) is 5.03 Å². The van der Waals surface area contributed by atoms with Crippen LogP contribution in [-0.4, -0.2) is 23.6 Å². The molecule has 0 amide bonds. The van der Waals surface area contributed by atoms with Gasteiger partial charge >= 0.3 is 10.2 Å². The van der Waals surface area contributed by atoms with Crippen molar-refractivity contribution in [3.63, 3.8) is 0 Å². The third kappa shape index (κ3) is 1.50. The predicted octanol–water partition coefficient (Wildman–Crippen LogP) is 1.38. The minimum atomic E-state index is -4.78. The van der Waals surface area contributed by atoms with Crippen LogP contribution in [0.5, 0.6) is 0 Å². The first-order valence-electron chi connectivity index (χ1n) is 3.43. The second kappa shape index (κ2) is 2.99. The van der Waals surface area contributed by atoms with E-state index in [9.17, 15) is 12.3 Å². The van der Waals surface area contributed by atoms with Crippen LogP contribution >= 0.6 is 15.9 Å². The fourth-order valence-electron chi connectivity index (χ4n) is 1.04. The lowest BCUT2D eigenvalue weighted by atomic mass is 10.4. The molecule has 0 aliphatic heterocycles. The predicted molar refractivity (Wildman–Crippen MR) is 49.9 cm³/mol. The molecule has 0 aliphatic carbocycles. The highest BCUT2D eigenvalue weighted by molar-refractivity contribution is 9.10. The Balaban J connectivity index is 2.87. The van der Waals surface area contributed by atoms with Crippen LogP contribution < -0.4 is 0 Å². The average Bonchev–Trinajstić information content (AvgIpc) is 2.45. The smallest absolute Gasteiger partial charge is 0.262 e. The quantitative estimate of drug-likeness (QED) is 0.801. The van der Waals surface area contributed by atoms with Crippen molar-refractivity contribution < 1.29 is 12.3 Å². The minimum absolute atomic E-state index is 0.127. The summed E-state index contributed by atoms with van der Waals surface area (Å²) in [7, 11) is -4.78. The van der Waals surface area contributed by atoms with Crippen LogP contribution in [0.1, 0.15) is 0 Å². The van der Waals surface area contributed by atoms with Crippen LogP contribution in [0.2, 0.25) is 0 Å². The van der Waals surface area contributed by atoms with Crippen molar-refractivity contribution in [2.75, 3.05) is 0 Å². The van der Waals surface area contributed by atoms with Crippen molar-refractivity contribution in [3.8, 4) is 0 Å². The number of rotatable bonds is 1. The number of aromatic amines is 1. The third-order valence-corrected chi connectivity index (χ3v) is 2.82. The summed E-state index contributed by atoms with van der Waals surface area (Å²) >= 11 is 3.10. The van der Waals surface area contributed by atoms with Crippen LogP contribution in [-0.2, 0) is 10.2 Å². The highest BCUT2D eigenvalue weighted by Crippen LogP contribution is 2.22. The summed E-state index contributed by atoms with van der Waals surface area (Å²) in [5.74, 6) is 0. The molecule has 2 rings (SSSR count). The fourth-order valence-corrected chi connectivity index (χ4v) is 1.94. The Hall–Kier alpha value is -1.02. The van der Waals surface area contributed by atoms with Gasteiger partial charge in [-0.1, -0.05) is 3.89 Å². The number of fused-ring (bicyclic) bond motifs is 1. The lowest BCUT2D eigenvalue weighted by Gasteiger charge is -1.91. The van der Waals surface area contributed by atoms with E-state index in [0.29, 0.717) is 4.47 Å². The van der Waals surface area contributed by atoms with E-state index in [2.05, 4.69) is 31.1 Å². The summed E-state index contributed by atoms with van der Waals surface area (Å²) < 4.78 is 34.5. The van der Waals surface area contributed by atoms with E-state index < -0.39 is 15.2 Å². The van der Waals surface area contributed by atoms with E-state index in [1.165, 1.54) is 12.3 Å². The Kier molecular flexibility index (Phi) is 2.04. The van der Waals surface area contributed by atoms with Gasteiger partial charge in [-0.3, -0.25) is 5.10 Å². The maximum absolute atomic E-state index is 12.7. The standard InChI is InChI=1S/C6H3BrFN3O2S/c7-3-1-4-5(9-2-3)10-11-6(4)14(8,12)13/h1-2H,(H,9,10,11).